The predicted molar refractivity (Wildman–Crippen MR) is 118 cm³/mol. The smallest absolute Gasteiger partial charge is 0.204 e. The van der Waals surface area contributed by atoms with Crippen LogP contribution in [0.1, 0.15) is 27.7 Å². The maximum absolute atomic E-state index is 4.92. The van der Waals surface area contributed by atoms with Crippen LogP contribution in [0, 0.1) is 0 Å². The summed E-state index contributed by atoms with van der Waals surface area (Å²) in [6, 6.07) is 25.8. The lowest BCUT2D eigenvalue weighted by Crippen LogP contribution is -2.46. The van der Waals surface area contributed by atoms with Gasteiger partial charge in [-0.05, 0) is 62.1 Å². The van der Waals surface area contributed by atoms with Gasteiger partial charge in [-0.2, -0.15) is 0 Å². The van der Waals surface area contributed by atoms with E-state index in [0.717, 1.165) is 11.5 Å². The normalized spacial score (nSPS) is 16.7. The first kappa shape index (κ1) is 17.1. The third-order valence-corrected chi connectivity index (χ3v) is 6.49. The van der Waals surface area contributed by atoms with E-state index in [-0.39, 0.29) is 11.1 Å². The summed E-state index contributed by atoms with van der Waals surface area (Å²) in [6.45, 7) is 9.02. The Balaban J connectivity index is 1.67. The molecule has 5 rings (SSSR count). The molecule has 140 valence electrons. The second-order valence-corrected chi connectivity index (χ2v) is 8.69. The minimum absolute atomic E-state index is 0.0396. The van der Waals surface area contributed by atoms with Crippen molar-refractivity contribution in [3.63, 3.8) is 0 Å². The van der Waals surface area contributed by atoms with Crippen molar-refractivity contribution in [1.82, 2.24) is 9.55 Å². The van der Waals surface area contributed by atoms with Crippen LogP contribution in [-0.2, 0) is 5.54 Å². The lowest BCUT2D eigenvalue weighted by atomic mass is 9.84. The minimum Gasteiger partial charge on any atom is -0.348 e. The third kappa shape index (κ3) is 2.32. The Bertz CT molecular complexity index is 1180. The number of hydrogen-bond donors (Lipinski definition) is 1. The molecule has 4 aromatic rings. The molecule has 0 saturated carbocycles. The molecule has 0 fully saturated rings. The van der Waals surface area contributed by atoms with Gasteiger partial charge in [0.1, 0.15) is 0 Å². The van der Waals surface area contributed by atoms with E-state index in [0.29, 0.717) is 0 Å². The molecule has 3 aromatic carbocycles. The number of fused-ring (bicyclic) bond motifs is 3. The van der Waals surface area contributed by atoms with E-state index < -0.39 is 0 Å². The van der Waals surface area contributed by atoms with Crippen LogP contribution in [0.3, 0.4) is 0 Å². The number of aromatic nitrogens is 2. The number of nitrogens with one attached hydrogen (secondary N) is 1. The highest BCUT2D eigenvalue weighted by Crippen LogP contribution is 2.44. The molecule has 0 amide bonds. The van der Waals surface area contributed by atoms with Gasteiger partial charge < -0.3 is 9.88 Å². The van der Waals surface area contributed by atoms with Crippen molar-refractivity contribution >= 4 is 17.0 Å². The molecule has 1 aliphatic heterocycles. The number of hydrogen-bond acceptors (Lipinski definition) is 2. The van der Waals surface area contributed by atoms with Gasteiger partial charge in [0, 0.05) is 0 Å². The zero-order valence-electron chi connectivity index (χ0n) is 16.8. The monoisotopic (exact) mass is 367 g/mol. The largest absolute Gasteiger partial charge is 0.348 e. The summed E-state index contributed by atoms with van der Waals surface area (Å²) in [5.41, 5.74) is 7.02. The molecule has 0 radical (unpaired) electrons. The molecule has 1 aliphatic rings. The average molecular weight is 367 g/mol. The van der Waals surface area contributed by atoms with Crippen LogP contribution in [0.4, 0.5) is 5.95 Å². The van der Waals surface area contributed by atoms with Crippen molar-refractivity contribution in [2.75, 3.05) is 5.32 Å². The van der Waals surface area contributed by atoms with E-state index in [4.69, 9.17) is 4.98 Å². The Morgan fingerprint density at radius 3 is 2.11 bits per heavy atom. The topological polar surface area (TPSA) is 29.9 Å². The van der Waals surface area contributed by atoms with E-state index in [1.165, 1.54) is 27.8 Å². The summed E-state index contributed by atoms with van der Waals surface area (Å²) in [7, 11) is 0. The number of imidazole rings is 1. The fourth-order valence-electron chi connectivity index (χ4n) is 4.21. The first-order chi connectivity index (χ1) is 13.4. The molecule has 0 aliphatic carbocycles. The van der Waals surface area contributed by atoms with Crippen LogP contribution < -0.4 is 5.32 Å². The number of nitrogens with zero attached hydrogens (tertiary/aromatic N) is 2. The molecule has 1 N–H and O–H groups in total. The summed E-state index contributed by atoms with van der Waals surface area (Å²) < 4.78 is 2.34. The quantitative estimate of drug-likeness (QED) is 0.450. The number of benzene rings is 3. The van der Waals surface area contributed by atoms with E-state index in [2.05, 4.69) is 110 Å². The molecule has 0 unspecified atom stereocenters. The molecule has 0 atom stereocenters. The Kier molecular flexibility index (Phi) is 3.48. The van der Waals surface area contributed by atoms with Crippen molar-refractivity contribution in [2.45, 2.75) is 38.8 Å². The average Bonchev–Trinajstić information content (AvgIpc) is 3.13. The summed E-state index contributed by atoms with van der Waals surface area (Å²) in [6.07, 6.45) is 0. The molecule has 1 aromatic heterocycles. The van der Waals surface area contributed by atoms with E-state index in [9.17, 15) is 0 Å². The standard InChI is InChI=1S/C25H25N3/c1-24(2)25(3,4)28-22-15-14-18(16-21(22)26-23(28)27-24)20-13-9-8-12-19(20)17-10-6-5-7-11-17/h5-16H,1-4H3,(H,26,27). The molecule has 28 heavy (non-hydrogen) atoms. The van der Waals surface area contributed by atoms with Gasteiger partial charge in [0.15, 0.2) is 0 Å². The number of anilines is 1. The van der Waals surface area contributed by atoms with Gasteiger partial charge in [-0.15, -0.1) is 0 Å². The molecular weight excluding hydrogens is 342 g/mol. The maximum atomic E-state index is 4.92. The van der Waals surface area contributed by atoms with Crippen LogP contribution in [0.25, 0.3) is 33.3 Å². The zero-order chi connectivity index (χ0) is 19.5. The fourth-order valence-corrected chi connectivity index (χ4v) is 4.21. The van der Waals surface area contributed by atoms with Crippen LogP contribution in [-0.4, -0.2) is 15.1 Å². The molecule has 0 saturated heterocycles. The Hall–Kier alpha value is -3.07. The van der Waals surface area contributed by atoms with Gasteiger partial charge in [-0.1, -0.05) is 60.7 Å². The minimum atomic E-state index is -0.0550. The van der Waals surface area contributed by atoms with Gasteiger partial charge in [0.2, 0.25) is 5.95 Å². The first-order valence-electron chi connectivity index (χ1n) is 9.84. The van der Waals surface area contributed by atoms with E-state index in [1.54, 1.807) is 0 Å². The van der Waals surface area contributed by atoms with Crippen LogP contribution >= 0.6 is 0 Å². The summed E-state index contributed by atoms with van der Waals surface area (Å²) in [4.78, 5) is 4.92. The fraction of sp³-hybridized carbons (Fsp3) is 0.240. The second-order valence-electron chi connectivity index (χ2n) is 8.69. The van der Waals surface area contributed by atoms with Crippen LogP contribution in [0.15, 0.2) is 72.8 Å². The van der Waals surface area contributed by atoms with Crippen molar-refractivity contribution < 1.29 is 0 Å². The van der Waals surface area contributed by atoms with Gasteiger partial charge in [0.25, 0.3) is 0 Å². The van der Waals surface area contributed by atoms with Crippen molar-refractivity contribution in [1.29, 1.82) is 0 Å². The summed E-state index contributed by atoms with van der Waals surface area (Å²) in [5.74, 6) is 0.957. The molecule has 3 heteroatoms. The molecule has 0 bridgehead atoms. The van der Waals surface area contributed by atoms with Gasteiger partial charge in [-0.3, -0.25) is 0 Å². The highest BCUT2D eigenvalue weighted by Gasteiger charge is 2.47. The van der Waals surface area contributed by atoms with Gasteiger partial charge in [-0.25, -0.2) is 4.98 Å². The molecular formula is C25H25N3. The Morgan fingerprint density at radius 1 is 0.750 bits per heavy atom. The Labute approximate surface area is 166 Å². The molecule has 3 nitrogen and oxygen atoms in total. The maximum Gasteiger partial charge on any atom is 0.204 e. The lowest BCUT2D eigenvalue weighted by molar-refractivity contribution is 0.270. The van der Waals surface area contributed by atoms with Crippen molar-refractivity contribution in [2.24, 2.45) is 0 Å². The highest BCUT2D eigenvalue weighted by atomic mass is 15.3. The van der Waals surface area contributed by atoms with Crippen LogP contribution in [0.5, 0.6) is 0 Å². The second kappa shape index (κ2) is 5.71. The third-order valence-electron chi connectivity index (χ3n) is 6.49. The molecule has 0 spiro atoms. The van der Waals surface area contributed by atoms with Crippen molar-refractivity contribution in [3.05, 3.63) is 72.8 Å². The summed E-state index contributed by atoms with van der Waals surface area (Å²) >= 11 is 0. The predicted octanol–water partition coefficient (Wildman–Crippen LogP) is 6.31. The van der Waals surface area contributed by atoms with Gasteiger partial charge in [0.05, 0.1) is 22.1 Å². The first-order valence-corrected chi connectivity index (χ1v) is 9.84. The van der Waals surface area contributed by atoms with E-state index in [1.807, 2.05) is 0 Å². The number of rotatable bonds is 2. The summed E-state index contributed by atoms with van der Waals surface area (Å²) in [5, 5.41) is 3.60. The Morgan fingerprint density at radius 2 is 1.39 bits per heavy atom. The molecule has 2 heterocycles. The highest BCUT2D eigenvalue weighted by molar-refractivity contribution is 5.90. The zero-order valence-corrected chi connectivity index (χ0v) is 16.8. The van der Waals surface area contributed by atoms with Gasteiger partial charge >= 0.3 is 0 Å². The van der Waals surface area contributed by atoms with Crippen LogP contribution in [0.2, 0.25) is 0 Å². The SMILES string of the molecule is CC1(C)Nc2nc3cc(-c4ccccc4-c4ccccc4)ccc3n2C1(C)C. The van der Waals surface area contributed by atoms with E-state index >= 15 is 0 Å². The van der Waals surface area contributed by atoms with Crippen molar-refractivity contribution in [3.8, 4) is 22.3 Å². The lowest BCUT2D eigenvalue weighted by Gasteiger charge is -2.35.